The Morgan fingerprint density at radius 3 is 2.62 bits per heavy atom. The fourth-order valence-corrected chi connectivity index (χ4v) is 2.80. The smallest absolute Gasteiger partial charge is 0.150 e. The van der Waals surface area contributed by atoms with Gasteiger partial charge in [0.15, 0.2) is 0 Å². The number of para-hydroxylation sites is 1. The van der Waals surface area contributed by atoms with Crippen LogP contribution in [0.2, 0.25) is 5.02 Å². The van der Waals surface area contributed by atoms with Gasteiger partial charge in [0, 0.05) is 16.1 Å². The molecular weight excluding hydrogens is 357 g/mol. The van der Waals surface area contributed by atoms with Gasteiger partial charge >= 0.3 is 0 Å². The molecule has 2 aromatic carbocycles. The van der Waals surface area contributed by atoms with Crippen molar-refractivity contribution in [2.45, 2.75) is 0 Å². The molecule has 3 aromatic rings. The van der Waals surface area contributed by atoms with Crippen molar-refractivity contribution in [2.75, 3.05) is 5.73 Å². The SMILES string of the molecule is Nc1cc(-c2ccccc2Br)nn1-c1c(F)cccc1Cl. The summed E-state index contributed by atoms with van der Waals surface area (Å²) in [5, 5.41) is 4.62. The molecule has 6 heteroatoms. The molecule has 1 aromatic heterocycles. The zero-order valence-corrected chi connectivity index (χ0v) is 13.1. The van der Waals surface area contributed by atoms with E-state index in [1.807, 2.05) is 24.3 Å². The number of hydrogen-bond acceptors (Lipinski definition) is 2. The summed E-state index contributed by atoms with van der Waals surface area (Å²) < 4.78 is 16.2. The summed E-state index contributed by atoms with van der Waals surface area (Å²) in [5.41, 5.74) is 7.62. The van der Waals surface area contributed by atoms with E-state index in [1.165, 1.54) is 16.8 Å². The van der Waals surface area contributed by atoms with Crippen LogP contribution in [0.5, 0.6) is 0 Å². The van der Waals surface area contributed by atoms with Crippen LogP contribution in [0, 0.1) is 5.82 Å². The Balaban J connectivity index is 2.18. The molecule has 0 unspecified atom stereocenters. The van der Waals surface area contributed by atoms with Gasteiger partial charge in [-0.15, -0.1) is 0 Å². The van der Waals surface area contributed by atoms with Gasteiger partial charge in [-0.25, -0.2) is 9.07 Å². The van der Waals surface area contributed by atoms with Gasteiger partial charge < -0.3 is 5.73 Å². The second-order valence-corrected chi connectivity index (χ2v) is 5.68. The van der Waals surface area contributed by atoms with Crippen molar-refractivity contribution in [3.8, 4) is 16.9 Å². The number of nitrogen functional groups attached to an aromatic ring is 1. The minimum Gasteiger partial charge on any atom is -0.384 e. The minimum atomic E-state index is -0.476. The number of rotatable bonds is 2. The van der Waals surface area contributed by atoms with Crippen molar-refractivity contribution < 1.29 is 4.39 Å². The van der Waals surface area contributed by atoms with Gasteiger partial charge in [0.2, 0.25) is 0 Å². The third kappa shape index (κ3) is 2.54. The van der Waals surface area contributed by atoms with E-state index in [0.717, 1.165) is 10.0 Å². The van der Waals surface area contributed by atoms with Crippen molar-refractivity contribution in [1.29, 1.82) is 0 Å². The van der Waals surface area contributed by atoms with E-state index >= 15 is 0 Å². The number of aromatic nitrogens is 2. The Hall–Kier alpha value is -1.85. The lowest BCUT2D eigenvalue weighted by Crippen LogP contribution is -2.04. The molecule has 0 saturated heterocycles. The van der Waals surface area contributed by atoms with Gasteiger partial charge in [0.1, 0.15) is 17.3 Å². The predicted molar refractivity (Wildman–Crippen MR) is 86.1 cm³/mol. The minimum absolute atomic E-state index is 0.148. The topological polar surface area (TPSA) is 43.8 Å². The van der Waals surface area contributed by atoms with Crippen LogP contribution in [-0.2, 0) is 0 Å². The zero-order valence-electron chi connectivity index (χ0n) is 10.7. The molecule has 0 radical (unpaired) electrons. The molecule has 0 spiro atoms. The molecule has 0 amide bonds. The average Bonchev–Trinajstić information content (AvgIpc) is 2.81. The van der Waals surface area contributed by atoms with E-state index < -0.39 is 5.82 Å². The highest BCUT2D eigenvalue weighted by Gasteiger charge is 2.16. The quantitative estimate of drug-likeness (QED) is 0.716. The first-order valence-corrected chi connectivity index (χ1v) is 7.30. The highest BCUT2D eigenvalue weighted by atomic mass is 79.9. The monoisotopic (exact) mass is 365 g/mol. The van der Waals surface area contributed by atoms with Crippen LogP contribution in [0.3, 0.4) is 0 Å². The summed E-state index contributed by atoms with van der Waals surface area (Å²) in [6, 6.07) is 13.7. The molecular formula is C15H10BrClFN3. The van der Waals surface area contributed by atoms with Crippen molar-refractivity contribution >= 4 is 33.3 Å². The lowest BCUT2D eigenvalue weighted by molar-refractivity contribution is 0.612. The standard InChI is InChI=1S/C15H10BrClFN3/c16-10-5-2-1-4-9(10)13-8-14(19)21(20-13)15-11(17)6-3-7-12(15)18/h1-8H,19H2. The maximum absolute atomic E-state index is 14.0. The second kappa shape index (κ2) is 5.50. The maximum Gasteiger partial charge on any atom is 0.150 e. The lowest BCUT2D eigenvalue weighted by Gasteiger charge is -2.07. The van der Waals surface area contributed by atoms with E-state index in [1.54, 1.807) is 12.1 Å². The Kier molecular flexibility index (Phi) is 3.69. The van der Waals surface area contributed by atoms with E-state index in [-0.39, 0.29) is 10.7 Å². The molecule has 3 nitrogen and oxygen atoms in total. The molecule has 2 N–H and O–H groups in total. The van der Waals surface area contributed by atoms with Crippen molar-refractivity contribution in [3.05, 3.63) is 63.8 Å². The number of anilines is 1. The van der Waals surface area contributed by atoms with E-state index in [0.29, 0.717) is 11.5 Å². The Labute approximate surface area is 134 Å². The molecule has 0 bridgehead atoms. The predicted octanol–water partition coefficient (Wildman–Crippen LogP) is 4.68. The van der Waals surface area contributed by atoms with Gasteiger partial charge in [-0.2, -0.15) is 5.10 Å². The van der Waals surface area contributed by atoms with Crippen molar-refractivity contribution in [1.82, 2.24) is 9.78 Å². The Morgan fingerprint density at radius 2 is 1.90 bits per heavy atom. The number of benzene rings is 2. The molecule has 1 heterocycles. The maximum atomic E-state index is 14.0. The summed E-state index contributed by atoms with van der Waals surface area (Å²) in [6.07, 6.45) is 0. The van der Waals surface area contributed by atoms with Crippen LogP contribution in [-0.4, -0.2) is 9.78 Å². The average molecular weight is 367 g/mol. The lowest BCUT2D eigenvalue weighted by atomic mass is 10.1. The normalized spacial score (nSPS) is 10.8. The Bertz CT molecular complexity index is 796. The molecule has 0 aliphatic rings. The second-order valence-electron chi connectivity index (χ2n) is 4.42. The fourth-order valence-electron chi connectivity index (χ4n) is 2.07. The molecule has 0 atom stereocenters. The summed E-state index contributed by atoms with van der Waals surface area (Å²) in [6.45, 7) is 0. The molecule has 0 saturated carbocycles. The third-order valence-corrected chi connectivity index (χ3v) is 4.03. The van der Waals surface area contributed by atoms with E-state index in [9.17, 15) is 4.39 Å². The van der Waals surface area contributed by atoms with Crippen molar-refractivity contribution in [3.63, 3.8) is 0 Å². The molecule has 0 aliphatic heterocycles. The Morgan fingerprint density at radius 1 is 1.14 bits per heavy atom. The summed E-state index contributed by atoms with van der Waals surface area (Å²) in [4.78, 5) is 0. The summed E-state index contributed by atoms with van der Waals surface area (Å²) >= 11 is 9.52. The van der Waals surface area contributed by atoms with Gasteiger partial charge in [-0.3, -0.25) is 0 Å². The van der Waals surface area contributed by atoms with Crippen molar-refractivity contribution in [2.24, 2.45) is 0 Å². The van der Waals surface area contributed by atoms with Gasteiger partial charge in [-0.05, 0) is 18.2 Å². The van der Waals surface area contributed by atoms with Crippen LogP contribution in [0.25, 0.3) is 16.9 Å². The van der Waals surface area contributed by atoms with Crippen LogP contribution in [0.1, 0.15) is 0 Å². The van der Waals surface area contributed by atoms with Gasteiger partial charge in [-0.1, -0.05) is 51.8 Å². The van der Waals surface area contributed by atoms with E-state index in [4.69, 9.17) is 17.3 Å². The first-order chi connectivity index (χ1) is 10.1. The largest absolute Gasteiger partial charge is 0.384 e. The summed E-state index contributed by atoms with van der Waals surface area (Å²) in [7, 11) is 0. The molecule has 3 rings (SSSR count). The van der Waals surface area contributed by atoms with E-state index in [2.05, 4.69) is 21.0 Å². The van der Waals surface area contributed by atoms with Gasteiger partial charge in [0.05, 0.1) is 10.7 Å². The van der Waals surface area contributed by atoms with Crippen LogP contribution < -0.4 is 5.73 Å². The number of halogens is 3. The number of nitrogens with zero attached hydrogens (tertiary/aromatic N) is 2. The zero-order chi connectivity index (χ0) is 15.0. The van der Waals surface area contributed by atoms with Crippen LogP contribution in [0.4, 0.5) is 10.2 Å². The molecule has 0 aliphatic carbocycles. The first-order valence-electron chi connectivity index (χ1n) is 6.13. The van der Waals surface area contributed by atoms with Crippen LogP contribution in [0.15, 0.2) is 53.0 Å². The molecule has 106 valence electrons. The molecule has 0 fully saturated rings. The summed E-state index contributed by atoms with van der Waals surface area (Å²) in [5.74, 6) is -0.163. The third-order valence-electron chi connectivity index (χ3n) is 3.04. The number of nitrogens with two attached hydrogens (primary N) is 1. The molecule has 21 heavy (non-hydrogen) atoms. The highest BCUT2D eigenvalue weighted by Crippen LogP contribution is 2.31. The van der Waals surface area contributed by atoms with Gasteiger partial charge in [0.25, 0.3) is 0 Å². The van der Waals surface area contributed by atoms with Crippen LogP contribution >= 0.6 is 27.5 Å². The number of hydrogen-bond donors (Lipinski definition) is 1. The highest BCUT2D eigenvalue weighted by molar-refractivity contribution is 9.10. The fraction of sp³-hybridized carbons (Fsp3) is 0. The first kappa shape index (κ1) is 14.1.